The minimum absolute atomic E-state index is 0.119. The Balaban J connectivity index is 1.49. The molecule has 7 nitrogen and oxygen atoms in total. The van der Waals surface area contributed by atoms with Gasteiger partial charge in [0.25, 0.3) is 0 Å². The molecule has 1 aromatic carbocycles. The molecule has 0 bridgehead atoms. The minimum atomic E-state index is -1.09. The van der Waals surface area contributed by atoms with Gasteiger partial charge in [0.2, 0.25) is 0 Å². The number of nitrogens with zero attached hydrogens (tertiary/aromatic N) is 2. The Hall–Kier alpha value is -1.27. The van der Waals surface area contributed by atoms with Crippen molar-refractivity contribution in [3.8, 4) is 5.75 Å². The summed E-state index contributed by atoms with van der Waals surface area (Å²) in [6.07, 6.45) is 0.510. The zero-order valence-electron chi connectivity index (χ0n) is 13.8. The molecule has 3 N–H and O–H groups in total. The number of hydrogen-bond donors (Lipinski definition) is 3. The zero-order valence-corrected chi connectivity index (χ0v) is 16.3. The largest absolute Gasteiger partial charge is 0.537 e. The summed E-state index contributed by atoms with van der Waals surface area (Å²) >= 11 is 4.65. The summed E-state index contributed by atoms with van der Waals surface area (Å²) in [6.45, 7) is 3.70. The first-order valence-electron chi connectivity index (χ1n) is 8.09. The van der Waals surface area contributed by atoms with E-state index in [1.54, 1.807) is 24.8 Å². The Morgan fingerprint density at radius 1 is 1.35 bits per heavy atom. The van der Waals surface area contributed by atoms with E-state index >= 15 is 0 Å². The molecule has 0 spiro atoms. The van der Waals surface area contributed by atoms with Gasteiger partial charge in [-0.05, 0) is 24.5 Å². The van der Waals surface area contributed by atoms with E-state index < -0.39 is 13.1 Å². The summed E-state index contributed by atoms with van der Waals surface area (Å²) in [4.78, 5) is 11.5. The van der Waals surface area contributed by atoms with Crippen molar-refractivity contribution in [3.63, 3.8) is 0 Å². The summed E-state index contributed by atoms with van der Waals surface area (Å²) in [7, 11) is -1.09. The molecule has 2 aromatic rings. The van der Waals surface area contributed by atoms with Crippen LogP contribution in [-0.4, -0.2) is 56.9 Å². The quantitative estimate of drug-likeness (QED) is 0.637. The first-order valence-corrected chi connectivity index (χ1v) is 10.7. The van der Waals surface area contributed by atoms with Crippen molar-refractivity contribution < 1.29 is 19.6 Å². The lowest BCUT2D eigenvalue weighted by Gasteiger charge is -2.28. The van der Waals surface area contributed by atoms with Crippen LogP contribution in [0.3, 0.4) is 0 Å². The molecule has 2 aliphatic rings. The smallest absolute Gasteiger partial charge is 0.535 e. The Bertz CT molecular complexity index is 846. The molecular formula is C15H16BN3O4S3. The fourth-order valence-corrected chi connectivity index (χ4v) is 6.48. The number of hydrogen-bond acceptors (Lipinski definition) is 9. The van der Waals surface area contributed by atoms with Crippen LogP contribution in [0.15, 0.2) is 20.8 Å². The molecule has 1 saturated heterocycles. The Labute approximate surface area is 163 Å². The van der Waals surface area contributed by atoms with Gasteiger partial charge in [-0.25, -0.2) is 4.79 Å². The molecule has 1 atom stereocenters. The molecule has 1 fully saturated rings. The Morgan fingerprint density at radius 2 is 2.08 bits per heavy atom. The highest BCUT2D eigenvalue weighted by molar-refractivity contribution is 8.04. The highest BCUT2D eigenvalue weighted by Gasteiger charge is 2.38. The summed E-state index contributed by atoms with van der Waals surface area (Å²) in [5.74, 6) is -0.776. The Morgan fingerprint density at radius 3 is 2.73 bits per heavy atom. The van der Waals surface area contributed by atoms with E-state index in [1.807, 2.05) is 6.07 Å². The standard InChI is InChI=1S/C15H16BN3O4S3/c1-7-2-3-8-4-10(16(22)23-12(8)11(7)13(20)21)25-15-19-18-14(26-15)24-9-5-17-6-9/h2-3,9-10,17,22H,4-6H2,1H3,(H,20,21)/t10-/m0/s1. The van der Waals surface area contributed by atoms with Gasteiger partial charge in [-0.1, -0.05) is 47.0 Å². The van der Waals surface area contributed by atoms with Crippen molar-refractivity contribution in [1.82, 2.24) is 15.5 Å². The van der Waals surface area contributed by atoms with Gasteiger partial charge in [-0.15, -0.1) is 10.2 Å². The van der Waals surface area contributed by atoms with Gasteiger partial charge in [-0.3, -0.25) is 0 Å². The van der Waals surface area contributed by atoms with E-state index in [2.05, 4.69) is 15.5 Å². The van der Waals surface area contributed by atoms with E-state index in [1.165, 1.54) is 23.1 Å². The van der Waals surface area contributed by atoms with Crippen LogP contribution in [0.5, 0.6) is 5.75 Å². The Kier molecular flexibility index (Phi) is 5.15. The van der Waals surface area contributed by atoms with Crippen molar-refractivity contribution >= 4 is 47.9 Å². The zero-order chi connectivity index (χ0) is 18.3. The van der Waals surface area contributed by atoms with E-state index in [-0.39, 0.29) is 16.5 Å². The molecule has 3 heterocycles. The minimum Gasteiger partial charge on any atom is -0.535 e. The molecule has 1 aromatic heterocycles. The maximum absolute atomic E-state index is 11.5. The topological polar surface area (TPSA) is 105 Å². The number of nitrogens with one attached hydrogen (secondary N) is 1. The first kappa shape index (κ1) is 18.1. The average molecular weight is 409 g/mol. The van der Waals surface area contributed by atoms with Crippen LogP contribution in [-0.2, 0) is 6.42 Å². The number of aromatic carboxylic acids is 1. The summed E-state index contributed by atoms with van der Waals surface area (Å²) in [5, 5.41) is 31.7. The van der Waals surface area contributed by atoms with Crippen molar-refractivity contribution in [1.29, 1.82) is 0 Å². The van der Waals surface area contributed by atoms with Crippen LogP contribution in [0, 0.1) is 6.92 Å². The van der Waals surface area contributed by atoms with Gasteiger partial charge in [0.1, 0.15) is 11.3 Å². The molecule has 0 saturated carbocycles. The molecule has 0 aliphatic carbocycles. The van der Waals surface area contributed by atoms with Crippen molar-refractivity contribution in [2.24, 2.45) is 0 Å². The molecule has 0 amide bonds. The van der Waals surface area contributed by atoms with Crippen molar-refractivity contribution in [2.75, 3.05) is 13.1 Å². The lowest BCUT2D eigenvalue weighted by molar-refractivity contribution is 0.0693. The lowest BCUT2D eigenvalue weighted by Crippen LogP contribution is -2.44. The SMILES string of the molecule is Cc1ccc2c(c1C(=O)O)OB(O)[C@@H](Sc1nnc(SC3CNC3)s1)C2. The van der Waals surface area contributed by atoms with E-state index in [0.717, 1.165) is 27.3 Å². The first-order chi connectivity index (χ1) is 12.5. The number of carboxylic acid groups (broad SMARTS) is 1. The second-order valence-corrected chi connectivity index (χ2v) is 10.2. The maximum atomic E-state index is 11.5. The highest BCUT2D eigenvalue weighted by atomic mass is 32.2. The monoisotopic (exact) mass is 409 g/mol. The lowest BCUT2D eigenvalue weighted by atomic mass is 9.77. The van der Waals surface area contributed by atoms with Crippen LogP contribution in [0.2, 0.25) is 0 Å². The third-order valence-corrected chi connectivity index (χ3v) is 7.82. The van der Waals surface area contributed by atoms with Gasteiger partial charge >= 0.3 is 13.1 Å². The number of carbonyl (C=O) groups is 1. The fourth-order valence-electron chi connectivity index (χ4n) is 2.81. The number of fused-ring (bicyclic) bond motifs is 1. The number of aryl methyl sites for hydroxylation is 1. The van der Waals surface area contributed by atoms with Crippen LogP contribution in [0.1, 0.15) is 21.5 Å². The highest BCUT2D eigenvalue weighted by Crippen LogP contribution is 2.39. The van der Waals surface area contributed by atoms with Crippen LogP contribution in [0.25, 0.3) is 0 Å². The van der Waals surface area contributed by atoms with E-state index in [4.69, 9.17) is 4.65 Å². The van der Waals surface area contributed by atoms with E-state index in [0.29, 0.717) is 17.2 Å². The third-order valence-electron chi connectivity index (χ3n) is 4.29. The molecule has 2 aliphatic heterocycles. The molecule has 26 heavy (non-hydrogen) atoms. The van der Waals surface area contributed by atoms with E-state index in [9.17, 15) is 14.9 Å². The predicted molar refractivity (Wildman–Crippen MR) is 103 cm³/mol. The third kappa shape index (κ3) is 3.58. The molecular weight excluding hydrogens is 393 g/mol. The number of benzene rings is 1. The van der Waals surface area contributed by atoms with Gasteiger partial charge < -0.3 is 20.1 Å². The number of carboxylic acids is 1. The molecule has 4 rings (SSSR count). The van der Waals surface area contributed by atoms with Crippen molar-refractivity contribution in [3.05, 3.63) is 28.8 Å². The second-order valence-electron chi connectivity index (χ2n) is 6.15. The molecule has 0 radical (unpaired) electrons. The number of rotatable bonds is 5. The second kappa shape index (κ2) is 7.39. The summed E-state index contributed by atoms with van der Waals surface area (Å²) < 4.78 is 7.29. The van der Waals surface area contributed by atoms with Gasteiger partial charge in [0.15, 0.2) is 8.68 Å². The normalized spacial score (nSPS) is 19.6. The van der Waals surface area contributed by atoms with Gasteiger partial charge in [0, 0.05) is 18.3 Å². The van der Waals surface area contributed by atoms with Crippen LogP contribution >= 0.6 is 34.9 Å². The molecule has 11 heteroatoms. The van der Waals surface area contributed by atoms with Crippen LogP contribution in [0.4, 0.5) is 0 Å². The average Bonchev–Trinajstić information content (AvgIpc) is 2.99. The number of thioether (sulfide) groups is 2. The van der Waals surface area contributed by atoms with Crippen molar-refractivity contribution in [2.45, 2.75) is 32.4 Å². The predicted octanol–water partition coefficient (Wildman–Crippen LogP) is 1.72. The molecule has 0 unspecified atom stereocenters. The maximum Gasteiger partial charge on any atom is 0.537 e. The number of aromatic nitrogens is 2. The summed E-state index contributed by atoms with van der Waals surface area (Å²) in [5.41, 5.74) is 1.52. The fraction of sp³-hybridized carbons (Fsp3) is 0.400. The summed E-state index contributed by atoms with van der Waals surface area (Å²) in [6, 6.07) is 3.64. The van der Waals surface area contributed by atoms with Crippen LogP contribution < -0.4 is 9.97 Å². The van der Waals surface area contributed by atoms with Gasteiger partial charge in [0.05, 0.1) is 5.15 Å². The van der Waals surface area contributed by atoms with Gasteiger partial charge in [-0.2, -0.15) is 0 Å². The molecule has 136 valence electrons.